The maximum absolute atomic E-state index is 5.20. The molecule has 0 aliphatic carbocycles. The van der Waals surface area contributed by atoms with Gasteiger partial charge in [0.25, 0.3) is 0 Å². The Morgan fingerprint density at radius 1 is 1.21 bits per heavy atom. The molecule has 0 aromatic heterocycles. The predicted octanol–water partition coefficient (Wildman–Crippen LogP) is 3.35. The Bertz CT molecular complexity index is 341. The van der Waals surface area contributed by atoms with Crippen LogP contribution in [-0.4, -0.2) is 6.61 Å². The van der Waals surface area contributed by atoms with Gasteiger partial charge in [-0.3, -0.25) is 0 Å². The lowest BCUT2D eigenvalue weighted by Crippen LogP contribution is -1.94. The molecule has 0 N–H and O–H groups in total. The summed E-state index contributed by atoms with van der Waals surface area (Å²) in [7, 11) is 0. The smallest absolute Gasteiger partial charge is 0.118 e. The Labute approximate surface area is 88.5 Å². The largest absolute Gasteiger partial charge is 0.496 e. The number of benzene rings is 1. The highest BCUT2D eigenvalue weighted by molar-refractivity contribution is 8.02. The SMILES string of the molecule is C1=COCC(SCc2ccccc2)=C1. The molecule has 0 spiro atoms. The van der Waals surface area contributed by atoms with Gasteiger partial charge in [-0.05, 0) is 17.7 Å². The second kappa shape index (κ2) is 4.91. The maximum Gasteiger partial charge on any atom is 0.118 e. The molecule has 0 saturated carbocycles. The van der Waals surface area contributed by atoms with E-state index in [-0.39, 0.29) is 0 Å². The van der Waals surface area contributed by atoms with E-state index in [1.54, 1.807) is 6.26 Å². The van der Waals surface area contributed by atoms with Gasteiger partial charge in [-0.15, -0.1) is 11.8 Å². The molecule has 1 aromatic rings. The standard InChI is InChI=1S/C12H12OS/c1-2-5-11(6-3-1)10-14-12-7-4-8-13-9-12/h1-8H,9-10H2. The van der Waals surface area contributed by atoms with E-state index < -0.39 is 0 Å². The Kier molecular flexibility index (Phi) is 3.30. The van der Waals surface area contributed by atoms with Crippen LogP contribution in [-0.2, 0) is 10.5 Å². The van der Waals surface area contributed by atoms with Crippen LogP contribution in [0.4, 0.5) is 0 Å². The van der Waals surface area contributed by atoms with Gasteiger partial charge in [0.15, 0.2) is 0 Å². The number of ether oxygens (including phenoxy) is 1. The highest BCUT2D eigenvalue weighted by atomic mass is 32.2. The van der Waals surface area contributed by atoms with Crippen molar-refractivity contribution >= 4 is 11.8 Å². The molecular formula is C12H12OS. The summed E-state index contributed by atoms with van der Waals surface area (Å²) in [5, 5.41) is 0. The van der Waals surface area contributed by atoms with Gasteiger partial charge in [0.05, 0.1) is 6.26 Å². The Balaban J connectivity index is 1.88. The minimum atomic E-state index is 0.716. The molecule has 0 radical (unpaired) electrons. The zero-order chi connectivity index (χ0) is 9.64. The van der Waals surface area contributed by atoms with Crippen molar-refractivity contribution in [3.8, 4) is 0 Å². The third-order valence-electron chi connectivity index (χ3n) is 1.95. The van der Waals surface area contributed by atoms with Crippen LogP contribution in [0.15, 0.2) is 53.7 Å². The predicted molar refractivity (Wildman–Crippen MR) is 60.9 cm³/mol. The Hall–Kier alpha value is -1.15. The highest BCUT2D eigenvalue weighted by Gasteiger charge is 2.01. The summed E-state index contributed by atoms with van der Waals surface area (Å²) < 4.78 is 5.20. The Morgan fingerprint density at radius 2 is 2.07 bits per heavy atom. The molecule has 14 heavy (non-hydrogen) atoms. The second-order valence-corrected chi connectivity index (χ2v) is 4.15. The molecule has 1 nitrogen and oxygen atoms in total. The van der Waals surface area contributed by atoms with Crippen molar-refractivity contribution in [2.24, 2.45) is 0 Å². The normalized spacial score (nSPS) is 14.7. The monoisotopic (exact) mass is 204 g/mol. The summed E-state index contributed by atoms with van der Waals surface area (Å²) in [4.78, 5) is 1.29. The lowest BCUT2D eigenvalue weighted by molar-refractivity contribution is 0.283. The number of hydrogen-bond donors (Lipinski definition) is 0. The second-order valence-electron chi connectivity index (χ2n) is 3.05. The van der Waals surface area contributed by atoms with E-state index in [9.17, 15) is 0 Å². The fraction of sp³-hybridized carbons (Fsp3) is 0.167. The molecule has 0 amide bonds. The zero-order valence-corrected chi connectivity index (χ0v) is 8.67. The summed E-state index contributed by atoms with van der Waals surface area (Å²) in [6, 6.07) is 10.5. The van der Waals surface area contributed by atoms with Crippen LogP contribution in [0.1, 0.15) is 5.56 Å². The molecule has 0 unspecified atom stereocenters. The number of allylic oxidation sites excluding steroid dienone is 2. The van der Waals surface area contributed by atoms with Gasteiger partial charge in [-0.25, -0.2) is 0 Å². The maximum atomic E-state index is 5.20. The molecule has 72 valence electrons. The molecule has 2 rings (SSSR count). The molecule has 0 saturated heterocycles. The van der Waals surface area contributed by atoms with E-state index in [0.717, 1.165) is 5.75 Å². The molecule has 2 heteroatoms. The van der Waals surface area contributed by atoms with Gasteiger partial charge in [0.1, 0.15) is 6.61 Å². The first-order valence-corrected chi connectivity index (χ1v) is 5.58. The van der Waals surface area contributed by atoms with Crippen LogP contribution in [0.2, 0.25) is 0 Å². The van der Waals surface area contributed by atoms with Crippen molar-refractivity contribution in [2.75, 3.05) is 6.61 Å². The van der Waals surface area contributed by atoms with E-state index in [1.807, 2.05) is 23.9 Å². The van der Waals surface area contributed by atoms with E-state index in [1.165, 1.54) is 10.5 Å². The van der Waals surface area contributed by atoms with E-state index in [0.29, 0.717) is 6.61 Å². The number of thioether (sulfide) groups is 1. The average molecular weight is 204 g/mol. The summed E-state index contributed by atoms with van der Waals surface area (Å²) in [6.07, 6.45) is 5.78. The third-order valence-corrected chi connectivity index (χ3v) is 3.05. The van der Waals surface area contributed by atoms with Gasteiger partial charge in [0, 0.05) is 10.7 Å². The van der Waals surface area contributed by atoms with E-state index >= 15 is 0 Å². The minimum Gasteiger partial charge on any atom is -0.496 e. The third kappa shape index (κ3) is 2.67. The lowest BCUT2D eigenvalue weighted by atomic mass is 10.2. The first-order chi connectivity index (χ1) is 6.95. The van der Waals surface area contributed by atoms with E-state index in [2.05, 4.69) is 30.3 Å². The van der Waals surface area contributed by atoms with Gasteiger partial charge >= 0.3 is 0 Å². The topological polar surface area (TPSA) is 9.23 Å². The van der Waals surface area contributed by atoms with Crippen LogP contribution >= 0.6 is 11.8 Å². The van der Waals surface area contributed by atoms with Gasteiger partial charge in [-0.1, -0.05) is 30.3 Å². The van der Waals surface area contributed by atoms with Crippen molar-refractivity contribution in [3.63, 3.8) is 0 Å². The molecule has 1 aromatic carbocycles. The summed E-state index contributed by atoms with van der Waals surface area (Å²) in [5.41, 5.74) is 1.35. The van der Waals surface area contributed by atoms with Crippen LogP contribution in [0.25, 0.3) is 0 Å². The number of hydrogen-bond acceptors (Lipinski definition) is 2. The summed E-state index contributed by atoms with van der Waals surface area (Å²) >= 11 is 1.84. The minimum absolute atomic E-state index is 0.716. The first-order valence-electron chi connectivity index (χ1n) is 4.59. The van der Waals surface area contributed by atoms with Crippen LogP contribution in [0.5, 0.6) is 0 Å². The highest BCUT2D eigenvalue weighted by Crippen LogP contribution is 2.23. The van der Waals surface area contributed by atoms with Crippen LogP contribution < -0.4 is 0 Å². The van der Waals surface area contributed by atoms with Crippen LogP contribution in [0.3, 0.4) is 0 Å². The first kappa shape index (κ1) is 9.41. The van der Waals surface area contributed by atoms with Crippen molar-refractivity contribution in [3.05, 3.63) is 59.2 Å². The fourth-order valence-electron chi connectivity index (χ4n) is 1.22. The Morgan fingerprint density at radius 3 is 2.79 bits per heavy atom. The van der Waals surface area contributed by atoms with Crippen molar-refractivity contribution in [2.45, 2.75) is 5.75 Å². The van der Waals surface area contributed by atoms with Crippen molar-refractivity contribution in [1.82, 2.24) is 0 Å². The molecule has 0 bridgehead atoms. The molecule has 1 heterocycles. The molecule has 0 atom stereocenters. The van der Waals surface area contributed by atoms with Gasteiger partial charge < -0.3 is 4.74 Å². The summed E-state index contributed by atoms with van der Waals surface area (Å²) in [5.74, 6) is 1.02. The van der Waals surface area contributed by atoms with Gasteiger partial charge in [0.2, 0.25) is 0 Å². The molecular weight excluding hydrogens is 192 g/mol. The van der Waals surface area contributed by atoms with Crippen molar-refractivity contribution in [1.29, 1.82) is 0 Å². The van der Waals surface area contributed by atoms with E-state index in [4.69, 9.17) is 4.74 Å². The number of rotatable bonds is 3. The molecule has 1 aliphatic rings. The van der Waals surface area contributed by atoms with Crippen molar-refractivity contribution < 1.29 is 4.74 Å². The van der Waals surface area contributed by atoms with Gasteiger partial charge in [-0.2, -0.15) is 0 Å². The van der Waals surface area contributed by atoms with Crippen LogP contribution in [0, 0.1) is 0 Å². The molecule has 1 aliphatic heterocycles. The average Bonchev–Trinajstić information content (AvgIpc) is 2.29. The summed E-state index contributed by atoms with van der Waals surface area (Å²) in [6.45, 7) is 0.716. The molecule has 0 fully saturated rings. The zero-order valence-electron chi connectivity index (χ0n) is 7.85. The fourth-order valence-corrected chi connectivity index (χ4v) is 2.09. The quantitative estimate of drug-likeness (QED) is 0.746. The lowest BCUT2D eigenvalue weighted by Gasteiger charge is -2.09.